The second-order valence-corrected chi connectivity index (χ2v) is 9.51. The van der Waals surface area contributed by atoms with E-state index in [0.717, 1.165) is 44.8 Å². The van der Waals surface area contributed by atoms with Crippen LogP contribution >= 0.6 is 0 Å². The molecule has 3 saturated heterocycles. The summed E-state index contributed by atoms with van der Waals surface area (Å²) in [6.07, 6.45) is 6.47. The molecule has 6 rings (SSSR count). The van der Waals surface area contributed by atoms with Gasteiger partial charge in [-0.15, -0.1) is 0 Å². The average molecular weight is 451 g/mol. The fourth-order valence-corrected chi connectivity index (χ4v) is 5.94. The van der Waals surface area contributed by atoms with Gasteiger partial charge in [0, 0.05) is 49.8 Å². The molecule has 8 nitrogen and oxygen atoms in total. The lowest BCUT2D eigenvalue weighted by molar-refractivity contribution is -0.137. The molecule has 0 radical (unpaired) electrons. The van der Waals surface area contributed by atoms with Crippen LogP contribution < -0.4 is 5.32 Å². The average Bonchev–Trinajstić information content (AvgIpc) is 3.58. The van der Waals surface area contributed by atoms with Crippen molar-refractivity contribution in [2.45, 2.75) is 18.1 Å². The summed E-state index contributed by atoms with van der Waals surface area (Å²) in [6, 6.07) is 8.21. The first-order valence-corrected chi connectivity index (χ1v) is 11.9. The number of benzene rings is 1. The Bertz CT molecular complexity index is 1090. The van der Waals surface area contributed by atoms with Crippen molar-refractivity contribution in [3.05, 3.63) is 48.2 Å². The zero-order valence-corrected chi connectivity index (χ0v) is 18.7. The molecule has 3 fully saturated rings. The molecule has 2 amide bonds. The van der Waals surface area contributed by atoms with E-state index >= 15 is 0 Å². The van der Waals surface area contributed by atoms with Gasteiger partial charge in [0.05, 0.1) is 37.7 Å². The second kappa shape index (κ2) is 8.27. The van der Waals surface area contributed by atoms with Gasteiger partial charge in [-0.05, 0) is 18.1 Å². The molecule has 1 spiro atoms. The minimum atomic E-state index is -0.659. The van der Waals surface area contributed by atoms with E-state index in [9.17, 15) is 9.59 Å². The van der Waals surface area contributed by atoms with E-state index in [1.54, 1.807) is 0 Å². The Kier molecular flexibility index (Phi) is 5.24. The molecule has 4 unspecified atom stereocenters. The van der Waals surface area contributed by atoms with Crippen molar-refractivity contribution in [3.8, 4) is 0 Å². The molecule has 1 aromatic heterocycles. The molecule has 0 aliphatic carbocycles. The molecule has 2 aromatic rings. The zero-order valence-electron chi connectivity index (χ0n) is 18.7. The number of morpholine rings is 1. The van der Waals surface area contributed by atoms with Crippen molar-refractivity contribution in [1.82, 2.24) is 20.1 Å². The van der Waals surface area contributed by atoms with Gasteiger partial charge in [-0.1, -0.05) is 30.4 Å². The predicted molar refractivity (Wildman–Crippen MR) is 123 cm³/mol. The van der Waals surface area contributed by atoms with Crippen molar-refractivity contribution in [2.75, 3.05) is 52.5 Å². The van der Waals surface area contributed by atoms with Crippen LogP contribution in [0, 0.1) is 11.8 Å². The number of likely N-dealkylation sites (tertiary alicyclic amines) is 1. The number of hydrogen-bond donors (Lipinski definition) is 2. The number of rotatable bonds is 7. The Morgan fingerprint density at radius 2 is 2.06 bits per heavy atom. The van der Waals surface area contributed by atoms with Crippen LogP contribution in [0.4, 0.5) is 0 Å². The molecule has 33 heavy (non-hydrogen) atoms. The highest BCUT2D eigenvalue weighted by atomic mass is 16.5. The van der Waals surface area contributed by atoms with Gasteiger partial charge in [-0.2, -0.15) is 0 Å². The first-order valence-electron chi connectivity index (χ1n) is 11.9. The number of aromatic amines is 1. The number of carbonyl (C=O) groups excluding carboxylic acids is 2. The summed E-state index contributed by atoms with van der Waals surface area (Å²) in [5, 5.41) is 4.26. The van der Waals surface area contributed by atoms with Crippen LogP contribution in [0.1, 0.15) is 5.56 Å². The van der Waals surface area contributed by atoms with Gasteiger partial charge < -0.3 is 24.7 Å². The monoisotopic (exact) mass is 450 g/mol. The highest BCUT2D eigenvalue weighted by Gasteiger charge is 2.66. The molecule has 1 aromatic carbocycles. The van der Waals surface area contributed by atoms with E-state index in [0.29, 0.717) is 19.6 Å². The highest BCUT2D eigenvalue weighted by Crippen LogP contribution is 2.51. The molecular weight excluding hydrogens is 420 g/mol. The number of aromatic nitrogens is 1. The largest absolute Gasteiger partial charge is 0.379 e. The van der Waals surface area contributed by atoms with E-state index in [1.807, 2.05) is 35.4 Å². The molecule has 2 N–H and O–H groups in total. The lowest BCUT2D eigenvalue weighted by atomic mass is 9.77. The van der Waals surface area contributed by atoms with Crippen molar-refractivity contribution in [2.24, 2.45) is 11.8 Å². The topological polar surface area (TPSA) is 86.9 Å². The lowest BCUT2D eigenvalue weighted by Gasteiger charge is -2.27. The number of amides is 2. The number of carbonyl (C=O) groups is 2. The maximum atomic E-state index is 13.4. The van der Waals surface area contributed by atoms with Gasteiger partial charge in [-0.3, -0.25) is 14.5 Å². The SMILES string of the molecule is O=C(NCCN1CCOCC1)C1C2C=CC3(CN(CCc4c[nH]c5ccccc45)C(=O)C13)O2. The van der Waals surface area contributed by atoms with Crippen molar-refractivity contribution in [1.29, 1.82) is 0 Å². The van der Waals surface area contributed by atoms with Gasteiger partial charge in [0.1, 0.15) is 5.60 Å². The number of nitrogens with zero attached hydrogens (tertiary/aromatic N) is 2. The Hall–Kier alpha value is -2.68. The molecule has 4 aliphatic heterocycles. The Morgan fingerprint density at radius 3 is 2.94 bits per heavy atom. The van der Waals surface area contributed by atoms with Crippen molar-refractivity contribution in [3.63, 3.8) is 0 Å². The summed E-state index contributed by atoms with van der Waals surface area (Å²) in [6.45, 7) is 5.77. The van der Waals surface area contributed by atoms with Gasteiger partial charge in [-0.25, -0.2) is 0 Å². The minimum absolute atomic E-state index is 0.0371. The molecule has 0 saturated carbocycles. The molecule has 4 atom stereocenters. The van der Waals surface area contributed by atoms with Crippen LogP contribution in [0.15, 0.2) is 42.6 Å². The van der Waals surface area contributed by atoms with Crippen molar-refractivity contribution >= 4 is 22.7 Å². The molecule has 8 heteroatoms. The highest BCUT2D eigenvalue weighted by molar-refractivity contribution is 5.93. The number of ether oxygens (including phenoxy) is 2. The first kappa shape index (κ1) is 20.9. The zero-order chi connectivity index (χ0) is 22.4. The van der Waals surface area contributed by atoms with E-state index < -0.39 is 17.4 Å². The summed E-state index contributed by atoms with van der Waals surface area (Å²) < 4.78 is 11.6. The maximum Gasteiger partial charge on any atom is 0.230 e. The Morgan fingerprint density at radius 1 is 1.21 bits per heavy atom. The van der Waals surface area contributed by atoms with Gasteiger partial charge in [0.15, 0.2) is 0 Å². The number of hydrogen-bond acceptors (Lipinski definition) is 5. The minimum Gasteiger partial charge on any atom is -0.379 e. The Labute approximate surface area is 192 Å². The normalized spacial score (nSPS) is 31.0. The van der Waals surface area contributed by atoms with Crippen LogP contribution in [-0.4, -0.2) is 90.8 Å². The molecular formula is C25H30N4O4. The fourth-order valence-electron chi connectivity index (χ4n) is 5.94. The molecule has 4 aliphatic rings. The number of nitrogens with one attached hydrogen (secondary N) is 2. The number of H-pyrrole nitrogens is 1. The van der Waals surface area contributed by atoms with Gasteiger partial charge in [0.2, 0.25) is 11.8 Å². The van der Waals surface area contributed by atoms with Crippen LogP contribution in [0.25, 0.3) is 10.9 Å². The molecule has 2 bridgehead atoms. The summed E-state index contributed by atoms with van der Waals surface area (Å²) >= 11 is 0. The quantitative estimate of drug-likeness (QED) is 0.614. The molecule has 5 heterocycles. The second-order valence-electron chi connectivity index (χ2n) is 9.51. The van der Waals surface area contributed by atoms with Gasteiger partial charge in [0.25, 0.3) is 0 Å². The van der Waals surface area contributed by atoms with Crippen LogP contribution in [-0.2, 0) is 25.5 Å². The van der Waals surface area contributed by atoms with Crippen LogP contribution in [0.5, 0.6) is 0 Å². The van der Waals surface area contributed by atoms with Crippen molar-refractivity contribution < 1.29 is 19.1 Å². The summed E-state index contributed by atoms with van der Waals surface area (Å²) in [7, 11) is 0. The van der Waals surface area contributed by atoms with Gasteiger partial charge >= 0.3 is 0 Å². The van der Waals surface area contributed by atoms with E-state index in [2.05, 4.69) is 27.3 Å². The number of para-hydroxylation sites is 1. The third-order valence-corrected chi connectivity index (χ3v) is 7.64. The summed E-state index contributed by atoms with van der Waals surface area (Å²) in [5.41, 5.74) is 1.65. The predicted octanol–water partition coefficient (Wildman–Crippen LogP) is 0.941. The van der Waals surface area contributed by atoms with E-state index in [1.165, 1.54) is 10.9 Å². The summed E-state index contributed by atoms with van der Waals surface area (Å²) in [4.78, 5) is 34.0. The maximum absolute atomic E-state index is 13.4. The smallest absolute Gasteiger partial charge is 0.230 e. The standard InChI is InChI=1S/C25H30N4O4/c30-23(26-8-10-28-11-13-32-14-12-28)21-20-5-7-25(33-20)16-29(24(31)22(21)25)9-6-17-15-27-19-4-2-1-3-18(17)19/h1-5,7,15,20-22,27H,6,8-14,16H2,(H,26,30). The summed E-state index contributed by atoms with van der Waals surface area (Å²) in [5.74, 6) is -0.921. The molecule has 174 valence electrons. The number of fused-ring (bicyclic) bond motifs is 2. The first-order chi connectivity index (χ1) is 16.1. The fraction of sp³-hybridized carbons (Fsp3) is 0.520. The lowest BCUT2D eigenvalue weighted by Crippen LogP contribution is -2.47. The van der Waals surface area contributed by atoms with Crippen LogP contribution in [0.2, 0.25) is 0 Å². The Balaban J connectivity index is 1.10. The van der Waals surface area contributed by atoms with E-state index in [4.69, 9.17) is 9.47 Å². The third kappa shape index (κ3) is 3.57. The third-order valence-electron chi connectivity index (χ3n) is 7.64. The van der Waals surface area contributed by atoms with Crippen LogP contribution in [0.3, 0.4) is 0 Å². The van der Waals surface area contributed by atoms with E-state index in [-0.39, 0.29) is 17.9 Å².